The normalized spacial score (nSPS) is 21.5. The highest BCUT2D eigenvalue weighted by Gasteiger charge is 2.47. The van der Waals surface area contributed by atoms with Crippen LogP contribution in [0.5, 0.6) is 0 Å². The Morgan fingerprint density at radius 2 is 2.15 bits per heavy atom. The molecule has 2 aliphatic carbocycles. The monoisotopic (exact) mass is 294 g/mol. The van der Waals surface area contributed by atoms with Crippen LogP contribution in [0.4, 0.5) is 0 Å². The van der Waals surface area contributed by atoms with Gasteiger partial charge < -0.3 is 10.1 Å². The van der Waals surface area contributed by atoms with Crippen LogP contribution in [0.25, 0.3) is 0 Å². The number of hydrogen-bond acceptors (Lipinski definition) is 4. The first-order chi connectivity index (χ1) is 9.80. The SMILES string of the molecule is CCC(NCCOC)(c1nc2c(s1)CCCC2)C1CC1. The summed E-state index contributed by atoms with van der Waals surface area (Å²) in [6.07, 6.45) is 8.91. The molecule has 0 bridgehead atoms. The highest BCUT2D eigenvalue weighted by molar-refractivity contribution is 7.11. The van der Waals surface area contributed by atoms with Gasteiger partial charge in [-0.2, -0.15) is 0 Å². The van der Waals surface area contributed by atoms with Crippen molar-refractivity contribution in [3.63, 3.8) is 0 Å². The molecule has 3 nitrogen and oxygen atoms in total. The Morgan fingerprint density at radius 3 is 2.80 bits per heavy atom. The molecule has 20 heavy (non-hydrogen) atoms. The summed E-state index contributed by atoms with van der Waals surface area (Å²) < 4.78 is 5.22. The number of fused-ring (bicyclic) bond motifs is 1. The van der Waals surface area contributed by atoms with Gasteiger partial charge in [-0.25, -0.2) is 4.98 Å². The smallest absolute Gasteiger partial charge is 0.114 e. The van der Waals surface area contributed by atoms with Crippen molar-refractivity contribution in [3.8, 4) is 0 Å². The number of nitrogens with zero attached hydrogens (tertiary/aromatic N) is 1. The first-order valence-corrected chi connectivity index (χ1v) is 8.85. The van der Waals surface area contributed by atoms with Crippen LogP contribution in [0.2, 0.25) is 0 Å². The van der Waals surface area contributed by atoms with Crippen molar-refractivity contribution in [2.75, 3.05) is 20.3 Å². The lowest BCUT2D eigenvalue weighted by molar-refractivity contribution is 0.174. The van der Waals surface area contributed by atoms with E-state index in [4.69, 9.17) is 9.72 Å². The molecule has 1 fully saturated rings. The Hall–Kier alpha value is -0.450. The van der Waals surface area contributed by atoms with Gasteiger partial charge in [0.25, 0.3) is 0 Å². The van der Waals surface area contributed by atoms with Crippen LogP contribution in [0.3, 0.4) is 0 Å². The second-order valence-corrected chi connectivity index (χ2v) is 7.20. The molecule has 0 radical (unpaired) electrons. The third kappa shape index (κ3) is 2.66. The van der Waals surface area contributed by atoms with E-state index in [1.54, 1.807) is 12.0 Å². The summed E-state index contributed by atoms with van der Waals surface area (Å²) >= 11 is 1.98. The summed E-state index contributed by atoms with van der Waals surface area (Å²) in [6.45, 7) is 4.00. The minimum absolute atomic E-state index is 0.112. The Morgan fingerprint density at radius 1 is 1.35 bits per heavy atom. The molecule has 0 aliphatic heterocycles. The average Bonchev–Trinajstić information content (AvgIpc) is 3.23. The number of hydrogen-bond donors (Lipinski definition) is 1. The molecule has 0 amide bonds. The molecule has 4 heteroatoms. The highest BCUT2D eigenvalue weighted by Crippen LogP contribution is 2.49. The van der Waals surface area contributed by atoms with E-state index >= 15 is 0 Å². The summed E-state index contributed by atoms with van der Waals surface area (Å²) in [5.41, 5.74) is 1.50. The number of thiazole rings is 1. The second kappa shape index (κ2) is 6.12. The molecule has 1 aromatic heterocycles. The van der Waals surface area contributed by atoms with E-state index in [0.717, 1.165) is 25.5 Å². The summed E-state index contributed by atoms with van der Waals surface area (Å²) in [5.74, 6) is 0.775. The Kier molecular flexibility index (Phi) is 4.43. The summed E-state index contributed by atoms with van der Waals surface area (Å²) in [4.78, 5) is 6.60. The Balaban J connectivity index is 1.85. The minimum Gasteiger partial charge on any atom is -0.383 e. The van der Waals surface area contributed by atoms with Crippen LogP contribution < -0.4 is 5.32 Å². The maximum Gasteiger partial charge on any atom is 0.114 e. The lowest BCUT2D eigenvalue weighted by atomic mass is 9.90. The molecular weight excluding hydrogens is 268 g/mol. The van der Waals surface area contributed by atoms with Crippen molar-refractivity contribution in [1.29, 1.82) is 0 Å². The molecule has 1 saturated carbocycles. The highest BCUT2D eigenvalue weighted by atomic mass is 32.1. The lowest BCUT2D eigenvalue weighted by Gasteiger charge is -2.32. The van der Waals surface area contributed by atoms with E-state index in [1.165, 1.54) is 49.2 Å². The van der Waals surface area contributed by atoms with Gasteiger partial charge in [-0.3, -0.25) is 0 Å². The van der Waals surface area contributed by atoms with Gasteiger partial charge >= 0.3 is 0 Å². The molecule has 1 aromatic rings. The van der Waals surface area contributed by atoms with E-state index in [0.29, 0.717) is 0 Å². The van der Waals surface area contributed by atoms with Crippen molar-refractivity contribution in [1.82, 2.24) is 10.3 Å². The maximum atomic E-state index is 5.22. The fraction of sp³-hybridized carbons (Fsp3) is 0.812. The fourth-order valence-corrected chi connectivity index (χ4v) is 4.92. The van der Waals surface area contributed by atoms with Crippen molar-refractivity contribution < 1.29 is 4.74 Å². The minimum atomic E-state index is 0.112. The Labute approximate surface area is 126 Å². The van der Waals surface area contributed by atoms with Crippen molar-refractivity contribution in [2.24, 2.45) is 5.92 Å². The average molecular weight is 294 g/mol. The van der Waals surface area contributed by atoms with E-state index < -0.39 is 0 Å². The standard InChI is InChI=1S/C16H26N2OS/c1-3-16(12-8-9-12,17-10-11-19-2)15-18-13-6-4-5-7-14(13)20-15/h12,17H,3-11H2,1-2H3. The number of rotatable bonds is 7. The van der Waals surface area contributed by atoms with Crippen molar-refractivity contribution in [2.45, 2.75) is 57.4 Å². The van der Waals surface area contributed by atoms with E-state index in [-0.39, 0.29) is 5.54 Å². The van der Waals surface area contributed by atoms with Crippen LogP contribution in [-0.2, 0) is 23.1 Å². The van der Waals surface area contributed by atoms with E-state index in [1.807, 2.05) is 11.3 Å². The third-order valence-corrected chi connectivity index (χ3v) is 6.14. The van der Waals surface area contributed by atoms with Gasteiger partial charge in [0.1, 0.15) is 5.01 Å². The van der Waals surface area contributed by atoms with Gasteiger partial charge in [0.05, 0.1) is 17.8 Å². The summed E-state index contributed by atoms with van der Waals surface area (Å²) in [5, 5.41) is 5.15. The van der Waals surface area contributed by atoms with Gasteiger partial charge in [0.15, 0.2) is 0 Å². The quantitative estimate of drug-likeness (QED) is 0.784. The van der Waals surface area contributed by atoms with Crippen LogP contribution in [0.15, 0.2) is 0 Å². The number of methoxy groups -OCH3 is 1. The maximum absolute atomic E-state index is 5.22. The second-order valence-electron chi connectivity index (χ2n) is 6.11. The van der Waals surface area contributed by atoms with Crippen LogP contribution >= 0.6 is 11.3 Å². The number of aryl methyl sites for hydroxylation is 2. The molecule has 1 atom stereocenters. The van der Waals surface area contributed by atoms with Gasteiger partial charge in [-0.15, -0.1) is 11.3 Å². The molecule has 0 aromatic carbocycles. The predicted molar refractivity (Wildman–Crippen MR) is 83.3 cm³/mol. The van der Waals surface area contributed by atoms with Gasteiger partial charge in [0, 0.05) is 18.5 Å². The van der Waals surface area contributed by atoms with Crippen molar-refractivity contribution in [3.05, 3.63) is 15.6 Å². The third-order valence-electron chi connectivity index (χ3n) is 4.81. The zero-order chi connectivity index (χ0) is 14.0. The lowest BCUT2D eigenvalue weighted by Crippen LogP contribution is -2.45. The Bertz CT molecular complexity index is 432. The molecular formula is C16H26N2OS. The number of nitrogens with one attached hydrogen (secondary N) is 1. The molecule has 1 heterocycles. The first kappa shape index (κ1) is 14.5. The van der Waals surface area contributed by atoms with Crippen LogP contribution in [0.1, 0.15) is 54.6 Å². The topological polar surface area (TPSA) is 34.1 Å². The summed E-state index contributed by atoms with van der Waals surface area (Å²) in [6, 6.07) is 0. The molecule has 3 rings (SSSR count). The summed E-state index contributed by atoms with van der Waals surface area (Å²) in [7, 11) is 1.77. The van der Waals surface area contributed by atoms with Gasteiger partial charge in [-0.1, -0.05) is 6.92 Å². The van der Waals surface area contributed by atoms with Crippen LogP contribution in [0, 0.1) is 5.92 Å². The first-order valence-electron chi connectivity index (χ1n) is 8.03. The van der Waals surface area contributed by atoms with E-state index in [9.17, 15) is 0 Å². The van der Waals surface area contributed by atoms with Crippen molar-refractivity contribution >= 4 is 11.3 Å². The molecule has 1 N–H and O–H groups in total. The number of aromatic nitrogens is 1. The van der Waals surface area contributed by atoms with Crippen LogP contribution in [-0.4, -0.2) is 25.2 Å². The molecule has 0 saturated heterocycles. The molecule has 1 unspecified atom stereocenters. The zero-order valence-electron chi connectivity index (χ0n) is 12.7. The predicted octanol–water partition coefficient (Wildman–Crippen LogP) is 3.27. The molecule has 2 aliphatic rings. The number of ether oxygens (including phenoxy) is 1. The fourth-order valence-electron chi connectivity index (χ4n) is 3.45. The molecule has 0 spiro atoms. The largest absolute Gasteiger partial charge is 0.383 e. The van der Waals surface area contributed by atoms with E-state index in [2.05, 4.69) is 12.2 Å². The van der Waals surface area contributed by atoms with Gasteiger partial charge in [0.2, 0.25) is 0 Å². The molecule has 112 valence electrons. The zero-order valence-corrected chi connectivity index (χ0v) is 13.5. The van der Waals surface area contributed by atoms with Gasteiger partial charge in [-0.05, 0) is 50.9 Å².